The second-order valence-electron chi connectivity index (χ2n) is 10.5. The van der Waals surface area contributed by atoms with Gasteiger partial charge in [-0.25, -0.2) is 0 Å². The van der Waals surface area contributed by atoms with E-state index in [0.29, 0.717) is 36.5 Å². The van der Waals surface area contributed by atoms with E-state index in [1.807, 2.05) is 43.3 Å². The highest BCUT2D eigenvalue weighted by atomic mass is 16.5. The molecule has 0 N–H and O–H groups in total. The molecule has 4 aliphatic carbocycles. The summed E-state index contributed by atoms with van der Waals surface area (Å²) in [6.07, 6.45) is 7.06. The lowest BCUT2D eigenvalue weighted by atomic mass is 9.63. The van der Waals surface area contributed by atoms with Crippen molar-refractivity contribution in [2.45, 2.75) is 20.0 Å². The molecule has 3 aromatic rings. The van der Waals surface area contributed by atoms with Gasteiger partial charge in [-0.05, 0) is 77.1 Å². The van der Waals surface area contributed by atoms with Crippen LogP contribution in [0.15, 0.2) is 77.9 Å². The Labute approximate surface area is 215 Å². The van der Waals surface area contributed by atoms with Crippen molar-refractivity contribution in [3.05, 3.63) is 83.9 Å². The van der Waals surface area contributed by atoms with E-state index in [4.69, 9.17) is 9.47 Å². The first kappa shape index (κ1) is 22.3. The summed E-state index contributed by atoms with van der Waals surface area (Å²) in [5.41, 5.74) is 1.83. The van der Waals surface area contributed by atoms with Crippen LogP contribution in [0.2, 0.25) is 0 Å². The van der Waals surface area contributed by atoms with Crippen LogP contribution in [0.25, 0.3) is 10.8 Å². The van der Waals surface area contributed by atoms with Crippen molar-refractivity contribution in [3.8, 4) is 11.5 Å². The largest absolute Gasteiger partial charge is 0.490 e. The van der Waals surface area contributed by atoms with Gasteiger partial charge in [0.1, 0.15) is 6.61 Å². The van der Waals surface area contributed by atoms with Crippen molar-refractivity contribution in [2.24, 2.45) is 40.6 Å². The third-order valence-electron chi connectivity index (χ3n) is 8.49. The lowest BCUT2D eigenvalue weighted by Crippen LogP contribution is -2.40. The highest BCUT2D eigenvalue weighted by Gasteiger charge is 2.67. The van der Waals surface area contributed by atoms with Crippen LogP contribution in [-0.2, 0) is 16.2 Å². The van der Waals surface area contributed by atoms with Gasteiger partial charge in [-0.15, -0.1) is 0 Å². The first-order valence-electron chi connectivity index (χ1n) is 13.1. The number of hydrazone groups is 1. The number of nitrogens with zero attached hydrogens (tertiary/aromatic N) is 2. The molecule has 1 saturated heterocycles. The fourth-order valence-electron chi connectivity index (χ4n) is 6.75. The van der Waals surface area contributed by atoms with Gasteiger partial charge in [0.2, 0.25) is 0 Å². The van der Waals surface area contributed by atoms with Crippen LogP contribution < -0.4 is 9.47 Å². The van der Waals surface area contributed by atoms with Crippen LogP contribution in [0, 0.1) is 35.5 Å². The van der Waals surface area contributed by atoms with Gasteiger partial charge in [0.25, 0.3) is 11.8 Å². The molecule has 6 nitrogen and oxygen atoms in total. The number of hydrogen-bond acceptors (Lipinski definition) is 5. The van der Waals surface area contributed by atoms with Crippen LogP contribution in [0.3, 0.4) is 0 Å². The van der Waals surface area contributed by atoms with Gasteiger partial charge in [0.05, 0.1) is 24.7 Å². The maximum Gasteiger partial charge on any atom is 0.254 e. The predicted molar refractivity (Wildman–Crippen MR) is 140 cm³/mol. The standard InChI is InChI=1S/C31H28N2O4/c1-2-36-27-14-18(10-13-26(27)37-17-20-8-5-7-19-6-3-4-9-21(19)20)16-32-33-30(34)28-22-11-12-23(25-15-24(22)25)29(28)31(33)35/h3-14,16,22-25,28-29H,2,15,17H2,1H3/b32-16-/t22-,23-,24-,25+,28-,29+/m0/s1. The quantitative estimate of drug-likeness (QED) is 0.258. The van der Waals surface area contributed by atoms with Crippen molar-refractivity contribution in [3.63, 3.8) is 0 Å². The lowest BCUT2D eigenvalue weighted by molar-refractivity contribution is -0.140. The van der Waals surface area contributed by atoms with Crippen LogP contribution in [0.5, 0.6) is 11.5 Å². The molecule has 0 aromatic heterocycles. The van der Waals surface area contributed by atoms with E-state index in [-0.39, 0.29) is 35.5 Å². The van der Waals surface area contributed by atoms with E-state index in [1.54, 1.807) is 6.21 Å². The minimum absolute atomic E-state index is 0.156. The molecule has 6 atom stereocenters. The first-order valence-corrected chi connectivity index (χ1v) is 13.1. The molecule has 3 fully saturated rings. The molecule has 2 amide bonds. The van der Waals surface area contributed by atoms with Crippen molar-refractivity contribution >= 4 is 28.8 Å². The number of rotatable bonds is 7. The van der Waals surface area contributed by atoms with E-state index in [0.717, 1.165) is 27.9 Å². The first-order chi connectivity index (χ1) is 18.1. The molecule has 2 bridgehead atoms. The lowest BCUT2D eigenvalue weighted by Gasteiger charge is -2.37. The summed E-state index contributed by atoms with van der Waals surface area (Å²) in [5, 5.41) is 7.80. The maximum absolute atomic E-state index is 13.2. The van der Waals surface area contributed by atoms with Crippen molar-refractivity contribution in [1.29, 1.82) is 0 Å². The normalized spacial score (nSPS) is 29.2. The summed E-state index contributed by atoms with van der Waals surface area (Å²) in [6, 6.07) is 20.0. The molecule has 3 aromatic carbocycles. The zero-order valence-corrected chi connectivity index (χ0v) is 20.6. The fourth-order valence-corrected chi connectivity index (χ4v) is 6.75. The van der Waals surface area contributed by atoms with Gasteiger partial charge in [0.15, 0.2) is 11.5 Å². The molecule has 37 heavy (non-hydrogen) atoms. The highest BCUT2D eigenvalue weighted by molar-refractivity contribution is 6.06. The van der Waals surface area contributed by atoms with Crippen molar-refractivity contribution < 1.29 is 19.1 Å². The molecule has 6 heteroatoms. The van der Waals surface area contributed by atoms with Crippen molar-refractivity contribution in [2.75, 3.05) is 6.61 Å². The number of imide groups is 1. The van der Waals surface area contributed by atoms with E-state index in [9.17, 15) is 9.59 Å². The molecule has 5 aliphatic rings. The third-order valence-corrected chi connectivity index (χ3v) is 8.49. The molecular formula is C31H28N2O4. The summed E-state index contributed by atoms with van der Waals surface area (Å²) < 4.78 is 12.0. The zero-order chi connectivity index (χ0) is 25.1. The molecule has 186 valence electrons. The highest BCUT2D eigenvalue weighted by Crippen LogP contribution is 2.65. The molecule has 0 spiro atoms. The SMILES string of the molecule is CCOc1cc(/C=N\N2C(=O)[C@@H]3[C@H]4C=C[C@@H]([C@@H]5C[C@H]45)[C@@H]3C2=O)ccc1OCc1cccc2ccccc12. The Morgan fingerprint density at radius 3 is 2.38 bits per heavy atom. The topological polar surface area (TPSA) is 68.2 Å². The fraction of sp³-hybridized carbons (Fsp3) is 0.323. The minimum atomic E-state index is -0.243. The van der Waals surface area contributed by atoms with Crippen LogP contribution in [0.4, 0.5) is 0 Å². The van der Waals surface area contributed by atoms with Gasteiger partial charge in [0, 0.05) is 0 Å². The smallest absolute Gasteiger partial charge is 0.254 e. The summed E-state index contributed by atoms with van der Waals surface area (Å²) in [5.74, 6) is 1.97. The van der Waals surface area contributed by atoms with E-state index in [2.05, 4.69) is 41.5 Å². The second-order valence-corrected chi connectivity index (χ2v) is 10.5. The minimum Gasteiger partial charge on any atom is -0.490 e. The number of carbonyl (C=O) groups excluding carboxylic acids is 2. The molecule has 2 saturated carbocycles. The third kappa shape index (κ3) is 3.57. The second kappa shape index (κ2) is 8.58. The molecule has 8 rings (SSSR count). The Bertz CT molecular complexity index is 1440. The van der Waals surface area contributed by atoms with Crippen LogP contribution in [0.1, 0.15) is 24.5 Å². The van der Waals surface area contributed by atoms with Gasteiger partial charge in [-0.2, -0.15) is 10.1 Å². The Hall–Kier alpha value is -3.93. The average molecular weight is 493 g/mol. The number of hydrogen-bond donors (Lipinski definition) is 0. The maximum atomic E-state index is 13.2. The molecule has 0 radical (unpaired) electrons. The number of benzene rings is 3. The van der Waals surface area contributed by atoms with Crippen molar-refractivity contribution in [1.82, 2.24) is 5.01 Å². The molecule has 1 aliphatic heterocycles. The Morgan fingerprint density at radius 2 is 1.62 bits per heavy atom. The van der Waals surface area contributed by atoms with Crippen LogP contribution >= 0.6 is 0 Å². The van der Waals surface area contributed by atoms with Gasteiger partial charge >= 0.3 is 0 Å². The molecule has 0 unspecified atom stereocenters. The van der Waals surface area contributed by atoms with Crippen LogP contribution in [-0.4, -0.2) is 29.6 Å². The zero-order valence-electron chi connectivity index (χ0n) is 20.6. The Morgan fingerprint density at radius 1 is 0.892 bits per heavy atom. The van der Waals surface area contributed by atoms with Gasteiger partial charge in [-0.3, -0.25) is 9.59 Å². The number of allylic oxidation sites excluding steroid dienone is 2. The van der Waals surface area contributed by atoms with Gasteiger partial charge < -0.3 is 9.47 Å². The number of amides is 2. The molecule has 1 heterocycles. The Kier molecular flexibility index (Phi) is 5.17. The summed E-state index contributed by atoms with van der Waals surface area (Å²) in [6.45, 7) is 2.81. The monoisotopic (exact) mass is 492 g/mol. The summed E-state index contributed by atoms with van der Waals surface area (Å²) in [4.78, 5) is 26.3. The molecular weight excluding hydrogens is 464 g/mol. The number of ether oxygens (including phenoxy) is 2. The van der Waals surface area contributed by atoms with Gasteiger partial charge in [-0.1, -0.05) is 54.6 Å². The van der Waals surface area contributed by atoms with E-state index < -0.39 is 0 Å². The number of carbonyl (C=O) groups is 2. The summed E-state index contributed by atoms with van der Waals surface area (Å²) >= 11 is 0. The average Bonchev–Trinajstić information content (AvgIpc) is 3.71. The van der Waals surface area contributed by atoms with E-state index >= 15 is 0 Å². The summed E-state index contributed by atoms with van der Waals surface area (Å²) in [7, 11) is 0. The Balaban J connectivity index is 1.10. The van der Waals surface area contributed by atoms with E-state index in [1.165, 1.54) is 5.39 Å². The predicted octanol–water partition coefficient (Wildman–Crippen LogP) is 5.20. The number of fused-ring (bicyclic) bond motifs is 1.